The first-order valence-electron chi connectivity index (χ1n) is 11.1. The molecule has 0 aliphatic rings. The lowest BCUT2D eigenvalue weighted by atomic mass is 10.1. The molecule has 0 bridgehead atoms. The van der Waals surface area contributed by atoms with E-state index in [1.54, 1.807) is 25.3 Å². The summed E-state index contributed by atoms with van der Waals surface area (Å²) in [5.41, 5.74) is 1.76. The SMILES string of the molecule is CCOC(=O)c1cc(OCCCNC(=O)OC(C)(C)C)c2c(cnn2Cc2ccccc2)c1. The van der Waals surface area contributed by atoms with Gasteiger partial charge in [0.05, 0.1) is 31.5 Å². The smallest absolute Gasteiger partial charge is 0.407 e. The second-order valence-electron chi connectivity index (χ2n) is 8.55. The van der Waals surface area contributed by atoms with Crippen molar-refractivity contribution in [1.82, 2.24) is 15.1 Å². The second-order valence-corrected chi connectivity index (χ2v) is 8.55. The van der Waals surface area contributed by atoms with Crippen molar-refractivity contribution in [1.29, 1.82) is 0 Å². The van der Waals surface area contributed by atoms with Crippen LogP contribution in [0.4, 0.5) is 4.79 Å². The first-order chi connectivity index (χ1) is 15.8. The normalized spacial score (nSPS) is 11.3. The summed E-state index contributed by atoms with van der Waals surface area (Å²) in [5, 5.41) is 8.02. The van der Waals surface area contributed by atoms with E-state index in [9.17, 15) is 9.59 Å². The van der Waals surface area contributed by atoms with Crippen molar-refractivity contribution in [3.63, 3.8) is 0 Å². The van der Waals surface area contributed by atoms with Crippen molar-refractivity contribution < 1.29 is 23.8 Å². The number of fused-ring (bicyclic) bond motifs is 1. The third-order valence-corrected chi connectivity index (χ3v) is 4.63. The van der Waals surface area contributed by atoms with E-state index in [1.165, 1.54) is 0 Å². The molecule has 3 rings (SSSR count). The summed E-state index contributed by atoms with van der Waals surface area (Å²) in [7, 11) is 0. The van der Waals surface area contributed by atoms with Crippen LogP contribution >= 0.6 is 0 Å². The largest absolute Gasteiger partial charge is 0.491 e. The molecular weight excluding hydrogens is 422 g/mol. The van der Waals surface area contributed by atoms with Crippen LogP contribution in [0, 0.1) is 0 Å². The van der Waals surface area contributed by atoms with Crippen LogP contribution in [-0.4, -0.2) is 47.2 Å². The lowest BCUT2D eigenvalue weighted by molar-refractivity contribution is 0.0514. The lowest BCUT2D eigenvalue weighted by Crippen LogP contribution is -2.33. The molecule has 176 valence electrons. The highest BCUT2D eigenvalue weighted by atomic mass is 16.6. The van der Waals surface area contributed by atoms with Crippen molar-refractivity contribution in [3.05, 3.63) is 59.8 Å². The third kappa shape index (κ3) is 6.97. The van der Waals surface area contributed by atoms with E-state index in [1.807, 2.05) is 55.8 Å². The number of benzene rings is 2. The Balaban J connectivity index is 1.75. The van der Waals surface area contributed by atoms with Gasteiger partial charge in [-0.3, -0.25) is 4.68 Å². The van der Waals surface area contributed by atoms with Crippen LogP contribution in [0.2, 0.25) is 0 Å². The Bertz CT molecular complexity index is 1090. The zero-order chi connectivity index (χ0) is 23.8. The van der Waals surface area contributed by atoms with Gasteiger partial charge in [0.1, 0.15) is 16.9 Å². The van der Waals surface area contributed by atoms with E-state index in [4.69, 9.17) is 14.2 Å². The van der Waals surface area contributed by atoms with E-state index in [2.05, 4.69) is 10.4 Å². The number of rotatable bonds is 9. The first kappa shape index (κ1) is 24.1. The van der Waals surface area contributed by atoms with Crippen molar-refractivity contribution in [2.75, 3.05) is 19.8 Å². The molecule has 0 aliphatic carbocycles. The predicted molar refractivity (Wildman–Crippen MR) is 126 cm³/mol. The van der Waals surface area contributed by atoms with Gasteiger partial charge < -0.3 is 19.5 Å². The van der Waals surface area contributed by atoms with Crippen LogP contribution in [0.15, 0.2) is 48.7 Å². The molecule has 8 heteroatoms. The number of hydrogen-bond donors (Lipinski definition) is 1. The fourth-order valence-corrected chi connectivity index (χ4v) is 3.27. The van der Waals surface area contributed by atoms with E-state index in [-0.39, 0.29) is 6.61 Å². The highest BCUT2D eigenvalue weighted by Gasteiger charge is 2.17. The Morgan fingerprint density at radius 2 is 1.88 bits per heavy atom. The molecule has 1 aromatic heterocycles. The molecule has 0 unspecified atom stereocenters. The lowest BCUT2D eigenvalue weighted by Gasteiger charge is -2.19. The Labute approximate surface area is 193 Å². The standard InChI is InChI=1S/C25H31N3O5/c1-5-31-23(29)19-14-20-16-27-28(17-18-10-7-6-8-11-18)22(20)21(15-19)32-13-9-12-26-24(30)33-25(2,3)4/h6-8,10-11,14-16H,5,9,12-13,17H2,1-4H3,(H,26,30). The van der Waals surface area contributed by atoms with Crippen LogP contribution < -0.4 is 10.1 Å². The summed E-state index contributed by atoms with van der Waals surface area (Å²) < 4.78 is 18.3. The molecule has 0 aliphatic heterocycles. The van der Waals surface area contributed by atoms with Crippen molar-refractivity contribution in [3.8, 4) is 5.75 Å². The zero-order valence-corrected chi connectivity index (χ0v) is 19.6. The summed E-state index contributed by atoms with van der Waals surface area (Å²) in [4.78, 5) is 24.1. The average Bonchev–Trinajstić information content (AvgIpc) is 3.16. The molecule has 0 saturated heterocycles. The number of alkyl carbamates (subject to hydrolysis) is 1. The quantitative estimate of drug-likeness (QED) is 0.377. The number of hydrogen-bond acceptors (Lipinski definition) is 6. The monoisotopic (exact) mass is 453 g/mol. The number of nitrogens with one attached hydrogen (secondary N) is 1. The number of nitrogens with zero attached hydrogens (tertiary/aromatic N) is 2. The van der Waals surface area contributed by atoms with Crippen molar-refractivity contribution in [2.45, 2.75) is 46.3 Å². The summed E-state index contributed by atoms with van der Waals surface area (Å²) >= 11 is 0. The molecular formula is C25H31N3O5. The van der Waals surface area contributed by atoms with Crippen LogP contribution in [-0.2, 0) is 16.0 Å². The number of ether oxygens (including phenoxy) is 3. The Morgan fingerprint density at radius 1 is 1.12 bits per heavy atom. The van der Waals surface area contributed by atoms with Gasteiger partial charge in [-0.1, -0.05) is 30.3 Å². The Morgan fingerprint density at radius 3 is 2.58 bits per heavy atom. The number of aromatic nitrogens is 2. The summed E-state index contributed by atoms with van der Waals surface area (Å²) in [6.07, 6.45) is 1.82. The molecule has 3 aromatic rings. The maximum atomic E-state index is 12.3. The van der Waals surface area contributed by atoms with Crippen LogP contribution in [0.5, 0.6) is 5.75 Å². The minimum Gasteiger partial charge on any atom is -0.491 e. The summed E-state index contributed by atoms with van der Waals surface area (Å²) in [6.45, 7) is 8.81. The summed E-state index contributed by atoms with van der Waals surface area (Å²) in [5.74, 6) is 0.132. The molecule has 8 nitrogen and oxygen atoms in total. The fraction of sp³-hybridized carbons (Fsp3) is 0.400. The average molecular weight is 454 g/mol. The van der Waals surface area contributed by atoms with Crippen LogP contribution in [0.25, 0.3) is 10.9 Å². The van der Waals surface area contributed by atoms with Crippen molar-refractivity contribution in [2.24, 2.45) is 0 Å². The van der Waals surface area contributed by atoms with E-state index in [0.717, 1.165) is 16.5 Å². The number of esters is 1. The number of carbonyl (C=O) groups excluding carboxylic acids is 2. The molecule has 33 heavy (non-hydrogen) atoms. The topological polar surface area (TPSA) is 91.7 Å². The molecule has 0 atom stereocenters. The molecule has 1 N–H and O–H groups in total. The van der Waals surface area contributed by atoms with E-state index >= 15 is 0 Å². The van der Waals surface area contributed by atoms with Gasteiger partial charge in [0.2, 0.25) is 0 Å². The summed E-state index contributed by atoms with van der Waals surface area (Å²) in [6, 6.07) is 13.4. The molecule has 1 heterocycles. The molecule has 0 radical (unpaired) electrons. The number of carbonyl (C=O) groups is 2. The molecule has 2 aromatic carbocycles. The van der Waals surface area contributed by atoms with E-state index < -0.39 is 17.7 Å². The molecule has 0 spiro atoms. The fourth-order valence-electron chi connectivity index (χ4n) is 3.27. The van der Waals surface area contributed by atoms with Crippen molar-refractivity contribution >= 4 is 23.0 Å². The maximum Gasteiger partial charge on any atom is 0.407 e. The Kier molecular flexibility index (Phi) is 7.92. The Hall–Kier alpha value is -3.55. The van der Waals surface area contributed by atoms with Gasteiger partial charge in [-0.05, 0) is 51.8 Å². The second kappa shape index (κ2) is 10.8. The third-order valence-electron chi connectivity index (χ3n) is 4.63. The molecule has 1 amide bonds. The van der Waals surface area contributed by atoms with E-state index in [0.29, 0.717) is 37.4 Å². The minimum atomic E-state index is -0.545. The van der Waals surface area contributed by atoms with Gasteiger partial charge in [0, 0.05) is 11.9 Å². The highest BCUT2D eigenvalue weighted by Crippen LogP contribution is 2.29. The van der Waals surface area contributed by atoms with Gasteiger partial charge in [-0.2, -0.15) is 5.10 Å². The zero-order valence-electron chi connectivity index (χ0n) is 19.6. The molecule has 0 fully saturated rings. The van der Waals surface area contributed by atoms with Gasteiger partial charge in [0.25, 0.3) is 0 Å². The molecule has 0 saturated carbocycles. The van der Waals surface area contributed by atoms with Crippen LogP contribution in [0.1, 0.15) is 50.0 Å². The van der Waals surface area contributed by atoms with Gasteiger partial charge in [-0.25, -0.2) is 9.59 Å². The van der Waals surface area contributed by atoms with Gasteiger partial charge in [-0.15, -0.1) is 0 Å². The van der Waals surface area contributed by atoms with Gasteiger partial charge in [0.15, 0.2) is 0 Å². The first-order valence-corrected chi connectivity index (χ1v) is 11.1. The number of amides is 1. The predicted octanol–water partition coefficient (Wildman–Crippen LogP) is 4.55. The minimum absolute atomic E-state index is 0.288. The van der Waals surface area contributed by atoms with Gasteiger partial charge >= 0.3 is 12.1 Å². The maximum absolute atomic E-state index is 12.3. The highest BCUT2D eigenvalue weighted by molar-refractivity contribution is 5.97. The van der Waals surface area contributed by atoms with Crippen LogP contribution in [0.3, 0.4) is 0 Å².